The van der Waals surface area contributed by atoms with Crippen molar-refractivity contribution >= 4 is 44.2 Å². The number of carbonyl (C=O) groups excluding carboxylic acids is 1. The van der Waals surface area contributed by atoms with Gasteiger partial charge in [0, 0.05) is 25.0 Å². The highest BCUT2D eigenvalue weighted by atomic mass is 32.1. The Morgan fingerprint density at radius 3 is 2.91 bits per heavy atom. The standard InChI is InChI=1S/C16H14N4O2S/c1-8-11-7-14(23-16(11)20(3)19-8)15(21)18-10-4-5-13-12(6-10)17-9(2)22-13/h4-7H,1-3H3,(H,18,21). The molecule has 1 amide bonds. The summed E-state index contributed by atoms with van der Waals surface area (Å²) < 4.78 is 7.24. The van der Waals surface area contributed by atoms with Gasteiger partial charge >= 0.3 is 0 Å². The Balaban J connectivity index is 1.65. The zero-order chi connectivity index (χ0) is 16.1. The van der Waals surface area contributed by atoms with Crippen LogP contribution >= 0.6 is 11.3 Å². The van der Waals surface area contributed by atoms with Crippen molar-refractivity contribution in [3.05, 3.63) is 40.7 Å². The van der Waals surface area contributed by atoms with Crippen molar-refractivity contribution in [2.75, 3.05) is 5.32 Å². The van der Waals surface area contributed by atoms with E-state index in [9.17, 15) is 4.79 Å². The first kappa shape index (κ1) is 14.0. The number of benzene rings is 1. The van der Waals surface area contributed by atoms with Crippen LogP contribution in [0.15, 0.2) is 28.7 Å². The molecular weight excluding hydrogens is 312 g/mol. The van der Waals surface area contributed by atoms with E-state index in [4.69, 9.17) is 4.42 Å². The Morgan fingerprint density at radius 2 is 2.13 bits per heavy atom. The lowest BCUT2D eigenvalue weighted by molar-refractivity contribution is 0.103. The van der Waals surface area contributed by atoms with Crippen LogP contribution in [0.5, 0.6) is 0 Å². The summed E-state index contributed by atoms with van der Waals surface area (Å²) >= 11 is 1.43. The third-order valence-corrected chi connectivity index (χ3v) is 4.87. The van der Waals surface area contributed by atoms with Gasteiger partial charge in [-0.15, -0.1) is 11.3 Å². The molecule has 3 aromatic heterocycles. The number of hydrogen-bond acceptors (Lipinski definition) is 5. The van der Waals surface area contributed by atoms with Crippen molar-refractivity contribution in [2.45, 2.75) is 13.8 Å². The summed E-state index contributed by atoms with van der Waals surface area (Å²) in [4.78, 5) is 18.4. The molecule has 0 aliphatic rings. The Kier molecular flexibility index (Phi) is 2.99. The molecule has 0 bridgehead atoms. The Labute approximate surface area is 135 Å². The van der Waals surface area contributed by atoms with Crippen LogP contribution in [0.4, 0.5) is 5.69 Å². The quantitative estimate of drug-likeness (QED) is 0.610. The average molecular weight is 326 g/mol. The zero-order valence-corrected chi connectivity index (χ0v) is 13.7. The Morgan fingerprint density at radius 1 is 1.30 bits per heavy atom. The molecule has 116 valence electrons. The van der Waals surface area contributed by atoms with Gasteiger partial charge in [0.05, 0.1) is 10.6 Å². The van der Waals surface area contributed by atoms with E-state index in [2.05, 4.69) is 15.4 Å². The second-order valence-electron chi connectivity index (χ2n) is 5.41. The molecule has 0 radical (unpaired) electrons. The lowest BCUT2D eigenvalue weighted by atomic mass is 10.2. The number of thiophene rings is 1. The highest BCUT2D eigenvalue weighted by molar-refractivity contribution is 7.20. The lowest BCUT2D eigenvalue weighted by Crippen LogP contribution is -2.09. The molecule has 4 rings (SSSR count). The van der Waals surface area contributed by atoms with Gasteiger partial charge in [0.25, 0.3) is 5.91 Å². The lowest BCUT2D eigenvalue weighted by Gasteiger charge is -2.02. The zero-order valence-electron chi connectivity index (χ0n) is 12.9. The van der Waals surface area contributed by atoms with E-state index in [0.29, 0.717) is 22.0 Å². The first-order chi connectivity index (χ1) is 11.0. The molecule has 0 spiro atoms. The minimum absolute atomic E-state index is 0.134. The number of amides is 1. The van der Waals surface area contributed by atoms with Gasteiger partial charge in [-0.1, -0.05) is 0 Å². The molecule has 0 fully saturated rings. The first-order valence-electron chi connectivity index (χ1n) is 7.13. The molecular formula is C16H14N4O2S. The monoisotopic (exact) mass is 326 g/mol. The maximum atomic E-state index is 12.5. The van der Waals surface area contributed by atoms with Crippen molar-refractivity contribution in [3.8, 4) is 0 Å². The number of aryl methyl sites for hydroxylation is 3. The number of nitrogens with zero attached hydrogens (tertiary/aromatic N) is 3. The molecule has 0 aliphatic carbocycles. The molecule has 23 heavy (non-hydrogen) atoms. The van der Waals surface area contributed by atoms with E-state index < -0.39 is 0 Å². The van der Waals surface area contributed by atoms with Crippen LogP contribution < -0.4 is 5.32 Å². The molecule has 1 aromatic carbocycles. The highest BCUT2D eigenvalue weighted by Gasteiger charge is 2.15. The fourth-order valence-electron chi connectivity index (χ4n) is 2.63. The van der Waals surface area contributed by atoms with Crippen LogP contribution in [0.2, 0.25) is 0 Å². The molecule has 3 heterocycles. The Hall–Kier alpha value is -2.67. The van der Waals surface area contributed by atoms with Crippen LogP contribution in [0, 0.1) is 13.8 Å². The highest BCUT2D eigenvalue weighted by Crippen LogP contribution is 2.28. The van der Waals surface area contributed by atoms with Crippen LogP contribution in [-0.2, 0) is 7.05 Å². The van der Waals surface area contributed by atoms with Gasteiger partial charge in [-0.2, -0.15) is 5.10 Å². The summed E-state index contributed by atoms with van der Waals surface area (Å²) in [5.74, 6) is 0.473. The summed E-state index contributed by atoms with van der Waals surface area (Å²) in [6.07, 6.45) is 0. The second-order valence-corrected chi connectivity index (χ2v) is 6.44. The summed E-state index contributed by atoms with van der Waals surface area (Å²) in [7, 11) is 1.88. The summed E-state index contributed by atoms with van der Waals surface area (Å²) in [6, 6.07) is 7.31. The predicted molar refractivity (Wildman–Crippen MR) is 90.0 cm³/mol. The van der Waals surface area contributed by atoms with E-state index in [1.165, 1.54) is 11.3 Å². The van der Waals surface area contributed by atoms with Crippen LogP contribution in [0.25, 0.3) is 21.3 Å². The number of rotatable bonds is 2. The fourth-order valence-corrected chi connectivity index (χ4v) is 3.65. The van der Waals surface area contributed by atoms with E-state index in [1.54, 1.807) is 11.6 Å². The predicted octanol–water partition coefficient (Wildman–Crippen LogP) is 3.65. The normalized spacial score (nSPS) is 11.4. The third-order valence-electron chi connectivity index (χ3n) is 3.67. The molecule has 0 atom stereocenters. The average Bonchev–Trinajstić information content (AvgIpc) is 3.14. The van der Waals surface area contributed by atoms with Crippen molar-refractivity contribution in [1.82, 2.24) is 14.8 Å². The summed E-state index contributed by atoms with van der Waals surface area (Å²) in [5, 5.41) is 8.28. The first-order valence-corrected chi connectivity index (χ1v) is 7.94. The van der Waals surface area contributed by atoms with Crippen molar-refractivity contribution in [3.63, 3.8) is 0 Å². The third kappa shape index (κ3) is 2.29. The second kappa shape index (κ2) is 4.92. The fraction of sp³-hybridized carbons (Fsp3) is 0.188. The van der Waals surface area contributed by atoms with E-state index >= 15 is 0 Å². The van der Waals surface area contributed by atoms with Gasteiger partial charge in [-0.3, -0.25) is 9.48 Å². The number of nitrogens with one attached hydrogen (secondary N) is 1. The van der Waals surface area contributed by atoms with Gasteiger partial charge in [-0.05, 0) is 31.2 Å². The van der Waals surface area contributed by atoms with Crippen LogP contribution in [-0.4, -0.2) is 20.7 Å². The van der Waals surface area contributed by atoms with Gasteiger partial charge < -0.3 is 9.73 Å². The SMILES string of the molecule is Cc1nc2cc(NC(=O)c3cc4c(C)nn(C)c4s3)ccc2o1. The molecule has 0 saturated heterocycles. The minimum atomic E-state index is -0.134. The maximum Gasteiger partial charge on any atom is 0.265 e. The number of carbonyl (C=O) groups is 1. The number of oxazole rings is 1. The number of hydrogen-bond donors (Lipinski definition) is 1. The van der Waals surface area contributed by atoms with Crippen LogP contribution in [0.3, 0.4) is 0 Å². The van der Waals surface area contributed by atoms with E-state index in [-0.39, 0.29) is 5.91 Å². The topological polar surface area (TPSA) is 73.0 Å². The molecule has 0 saturated carbocycles. The molecule has 6 nitrogen and oxygen atoms in total. The molecule has 0 unspecified atom stereocenters. The summed E-state index contributed by atoms with van der Waals surface area (Å²) in [5.41, 5.74) is 3.07. The van der Waals surface area contributed by atoms with Gasteiger partial charge in [-0.25, -0.2) is 4.98 Å². The molecule has 4 aromatic rings. The van der Waals surface area contributed by atoms with Gasteiger partial charge in [0.1, 0.15) is 10.3 Å². The van der Waals surface area contributed by atoms with E-state index in [1.807, 2.05) is 38.2 Å². The largest absolute Gasteiger partial charge is 0.441 e. The van der Waals surface area contributed by atoms with Gasteiger partial charge in [0.2, 0.25) is 0 Å². The van der Waals surface area contributed by atoms with Crippen molar-refractivity contribution < 1.29 is 9.21 Å². The number of anilines is 1. The van der Waals surface area contributed by atoms with Crippen molar-refractivity contribution in [2.24, 2.45) is 7.05 Å². The van der Waals surface area contributed by atoms with E-state index in [0.717, 1.165) is 21.4 Å². The maximum absolute atomic E-state index is 12.5. The molecule has 7 heteroatoms. The smallest absolute Gasteiger partial charge is 0.265 e. The minimum Gasteiger partial charge on any atom is -0.441 e. The number of aromatic nitrogens is 3. The number of fused-ring (bicyclic) bond motifs is 2. The van der Waals surface area contributed by atoms with Gasteiger partial charge in [0.15, 0.2) is 11.5 Å². The van der Waals surface area contributed by atoms with Crippen LogP contribution in [0.1, 0.15) is 21.3 Å². The molecule has 0 aliphatic heterocycles. The molecule has 1 N–H and O–H groups in total. The van der Waals surface area contributed by atoms with Crippen molar-refractivity contribution in [1.29, 1.82) is 0 Å². The summed E-state index contributed by atoms with van der Waals surface area (Å²) in [6.45, 7) is 3.74. The Bertz CT molecular complexity index is 1020.